The molecule has 110 valence electrons. The van der Waals surface area contributed by atoms with Gasteiger partial charge in [0, 0.05) is 0 Å². The van der Waals surface area contributed by atoms with Gasteiger partial charge in [-0.05, 0) is 26.7 Å². The minimum absolute atomic E-state index is 0.106. The quantitative estimate of drug-likeness (QED) is 0.290. The maximum atomic E-state index is 11.1. The average Bonchev–Trinajstić information content (AvgIpc) is 2.26. The lowest BCUT2D eigenvalue weighted by Gasteiger charge is -2.23. The zero-order chi connectivity index (χ0) is 15.1. The minimum atomic E-state index is -1.45. The van der Waals surface area contributed by atoms with Crippen LogP contribution in [0.5, 0.6) is 0 Å². The summed E-state index contributed by atoms with van der Waals surface area (Å²) in [5.74, 6) is -3.41. The van der Waals surface area contributed by atoms with Crippen molar-refractivity contribution in [1.82, 2.24) is 0 Å². The number of hydrogen-bond acceptors (Lipinski definition) is 4. The van der Waals surface area contributed by atoms with Gasteiger partial charge in [-0.1, -0.05) is 26.7 Å². The van der Waals surface area contributed by atoms with Crippen LogP contribution in [0.4, 0.5) is 0 Å². The summed E-state index contributed by atoms with van der Waals surface area (Å²) >= 11 is 0. The zero-order valence-corrected chi connectivity index (χ0v) is 11.9. The first-order valence-corrected chi connectivity index (χ1v) is 6.30. The molecule has 0 bridgehead atoms. The Morgan fingerprint density at radius 3 is 2.00 bits per heavy atom. The van der Waals surface area contributed by atoms with Gasteiger partial charge in [-0.2, -0.15) is 4.89 Å². The van der Waals surface area contributed by atoms with Gasteiger partial charge in [0.05, 0.1) is 5.57 Å². The van der Waals surface area contributed by atoms with Crippen molar-refractivity contribution >= 4 is 11.9 Å². The van der Waals surface area contributed by atoms with Crippen molar-refractivity contribution in [3.8, 4) is 0 Å². The van der Waals surface area contributed by atoms with E-state index in [2.05, 4.69) is 0 Å². The van der Waals surface area contributed by atoms with Gasteiger partial charge >= 0.3 is 11.9 Å². The Kier molecular flexibility index (Phi) is 7.14. The first-order valence-electron chi connectivity index (χ1n) is 6.30. The van der Waals surface area contributed by atoms with Crippen LogP contribution in [0.2, 0.25) is 0 Å². The minimum Gasteiger partial charge on any atom is -0.478 e. The highest BCUT2D eigenvalue weighted by Gasteiger charge is 2.26. The van der Waals surface area contributed by atoms with E-state index in [0.29, 0.717) is 12.8 Å². The molecule has 0 rings (SSSR count). The molecule has 0 aromatic heterocycles. The Balaban J connectivity index is 5.06. The van der Waals surface area contributed by atoms with Crippen molar-refractivity contribution in [2.24, 2.45) is 0 Å². The largest absolute Gasteiger partial charge is 0.478 e. The lowest BCUT2D eigenvalue weighted by Crippen LogP contribution is -2.26. The van der Waals surface area contributed by atoms with Gasteiger partial charge in [0.15, 0.2) is 0 Å². The maximum Gasteiger partial charge on any atom is 0.375 e. The molecule has 0 aliphatic rings. The van der Waals surface area contributed by atoms with Crippen molar-refractivity contribution < 1.29 is 29.6 Å². The summed E-state index contributed by atoms with van der Waals surface area (Å²) in [6.07, 6.45) is 2.11. The first kappa shape index (κ1) is 17.4. The molecule has 2 N–H and O–H groups in total. The second-order valence-electron chi connectivity index (χ2n) is 4.84. The van der Waals surface area contributed by atoms with Gasteiger partial charge in [-0.25, -0.2) is 9.59 Å². The van der Waals surface area contributed by atoms with Crippen LogP contribution in [0.1, 0.15) is 53.4 Å². The van der Waals surface area contributed by atoms with Crippen molar-refractivity contribution in [3.63, 3.8) is 0 Å². The molecule has 0 saturated carbocycles. The Morgan fingerprint density at radius 1 is 1.05 bits per heavy atom. The number of aliphatic carboxylic acids is 2. The van der Waals surface area contributed by atoms with E-state index in [0.717, 1.165) is 6.42 Å². The molecule has 19 heavy (non-hydrogen) atoms. The number of carboxylic acids is 2. The molecule has 0 aromatic rings. The van der Waals surface area contributed by atoms with Crippen LogP contribution in [-0.4, -0.2) is 27.8 Å². The van der Waals surface area contributed by atoms with Gasteiger partial charge in [0.25, 0.3) is 5.76 Å². The van der Waals surface area contributed by atoms with Crippen LogP contribution in [-0.2, 0) is 19.4 Å². The molecular weight excluding hydrogens is 252 g/mol. The second kappa shape index (κ2) is 7.78. The summed E-state index contributed by atoms with van der Waals surface area (Å²) in [6.45, 7) is 7.20. The molecular formula is C13H22O6. The van der Waals surface area contributed by atoms with E-state index in [1.807, 2.05) is 6.92 Å². The molecule has 6 heteroatoms. The van der Waals surface area contributed by atoms with Gasteiger partial charge in [0.1, 0.15) is 5.60 Å². The van der Waals surface area contributed by atoms with Crippen LogP contribution in [0.25, 0.3) is 0 Å². The SMILES string of the molecule is CCCC(C(=O)O)=C(OOC(C)(C)CCC)C(=O)O. The van der Waals surface area contributed by atoms with Crippen LogP contribution in [0.15, 0.2) is 11.3 Å². The zero-order valence-electron chi connectivity index (χ0n) is 11.9. The summed E-state index contributed by atoms with van der Waals surface area (Å²) in [6, 6.07) is 0. The fraction of sp³-hybridized carbons (Fsp3) is 0.692. The fourth-order valence-electron chi connectivity index (χ4n) is 1.58. The predicted octanol–water partition coefficient (Wildman–Crippen LogP) is 2.74. The highest BCUT2D eigenvalue weighted by molar-refractivity contribution is 5.97. The van der Waals surface area contributed by atoms with Crippen LogP contribution in [0.3, 0.4) is 0 Å². The molecule has 0 spiro atoms. The molecule has 0 amide bonds. The van der Waals surface area contributed by atoms with E-state index in [4.69, 9.17) is 20.0 Å². The molecule has 0 aliphatic carbocycles. The highest BCUT2D eigenvalue weighted by Crippen LogP contribution is 2.21. The number of carboxylic acid groups (broad SMARTS) is 2. The third-order valence-electron chi connectivity index (χ3n) is 2.43. The van der Waals surface area contributed by atoms with Crippen molar-refractivity contribution in [3.05, 3.63) is 11.3 Å². The molecule has 0 fully saturated rings. The Labute approximate surface area is 112 Å². The lowest BCUT2D eigenvalue weighted by molar-refractivity contribution is -0.327. The van der Waals surface area contributed by atoms with Gasteiger partial charge in [0.2, 0.25) is 0 Å². The highest BCUT2D eigenvalue weighted by atomic mass is 17.2. The maximum absolute atomic E-state index is 11.1. The fourth-order valence-corrected chi connectivity index (χ4v) is 1.58. The number of rotatable bonds is 9. The van der Waals surface area contributed by atoms with Crippen molar-refractivity contribution in [2.45, 2.75) is 59.0 Å². The van der Waals surface area contributed by atoms with Gasteiger partial charge < -0.3 is 15.1 Å². The molecule has 0 saturated heterocycles. The number of carbonyl (C=O) groups is 2. The predicted molar refractivity (Wildman–Crippen MR) is 68.4 cm³/mol. The van der Waals surface area contributed by atoms with Crippen LogP contribution in [0, 0.1) is 0 Å². The summed E-state index contributed by atoms with van der Waals surface area (Å²) in [5.41, 5.74) is -0.965. The smallest absolute Gasteiger partial charge is 0.375 e. The van der Waals surface area contributed by atoms with Gasteiger partial charge in [-0.3, -0.25) is 0 Å². The first-order chi connectivity index (χ1) is 8.75. The van der Waals surface area contributed by atoms with Crippen LogP contribution < -0.4 is 0 Å². The molecule has 0 aliphatic heterocycles. The van der Waals surface area contributed by atoms with E-state index >= 15 is 0 Å². The molecule has 0 unspecified atom stereocenters. The topological polar surface area (TPSA) is 93.1 Å². The molecule has 0 radical (unpaired) electrons. The third-order valence-corrected chi connectivity index (χ3v) is 2.43. The normalized spacial score (nSPS) is 12.8. The molecule has 0 heterocycles. The number of hydrogen-bond donors (Lipinski definition) is 2. The Hall–Kier alpha value is -1.56. The standard InChI is InChI=1S/C13H22O6/c1-5-7-9(11(14)15)10(12(16)17)18-19-13(3,4)8-6-2/h5-8H2,1-4H3,(H,14,15)(H,16,17). The van der Waals surface area contributed by atoms with Crippen LogP contribution >= 0.6 is 0 Å². The van der Waals surface area contributed by atoms with E-state index in [1.54, 1.807) is 20.8 Å². The van der Waals surface area contributed by atoms with E-state index in [1.165, 1.54) is 0 Å². The summed E-state index contributed by atoms with van der Waals surface area (Å²) in [7, 11) is 0. The van der Waals surface area contributed by atoms with Crippen molar-refractivity contribution in [2.75, 3.05) is 0 Å². The third kappa shape index (κ3) is 6.24. The van der Waals surface area contributed by atoms with Crippen molar-refractivity contribution in [1.29, 1.82) is 0 Å². The molecule has 0 aromatic carbocycles. The second-order valence-corrected chi connectivity index (χ2v) is 4.84. The summed E-state index contributed by atoms with van der Waals surface area (Å²) in [5, 5.41) is 18.0. The monoisotopic (exact) mass is 274 g/mol. The Morgan fingerprint density at radius 2 is 1.63 bits per heavy atom. The summed E-state index contributed by atoms with van der Waals surface area (Å²) < 4.78 is 0. The summed E-state index contributed by atoms with van der Waals surface area (Å²) in [4.78, 5) is 32.0. The Bertz CT molecular complexity index is 356. The van der Waals surface area contributed by atoms with E-state index < -0.39 is 23.3 Å². The molecule has 6 nitrogen and oxygen atoms in total. The van der Waals surface area contributed by atoms with E-state index in [-0.39, 0.29) is 12.0 Å². The average molecular weight is 274 g/mol. The lowest BCUT2D eigenvalue weighted by atomic mass is 10.0. The van der Waals surface area contributed by atoms with Gasteiger partial charge in [-0.15, -0.1) is 0 Å². The van der Waals surface area contributed by atoms with E-state index in [9.17, 15) is 9.59 Å². The molecule has 0 atom stereocenters.